The summed E-state index contributed by atoms with van der Waals surface area (Å²) in [6, 6.07) is 8.25. The van der Waals surface area contributed by atoms with Crippen molar-refractivity contribution >= 4 is 18.3 Å². The topological polar surface area (TPSA) is 59.0 Å². The molecule has 1 amide bonds. The van der Waals surface area contributed by atoms with Crippen molar-refractivity contribution in [2.75, 3.05) is 13.6 Å². The van der Waals surface area contributed by atoms with E-state index < -0.39 is 0 Å². The molecule has 1 saturated carbocycles. The molecule has 3 rings (SSSR count). The average Bonchev–Trinajstić information content (AvgIpc) is 3.08. The van der Waals surface area contributed by atoms with E-state index in [4.69, 9.17) is 0 Å². The number of amides is 1. The van der Waals surface area contributed by atoms with Gasteiger partial charge in [0.2, 0.25) is 5.91 Å². The molecular formula is C21H31ClN4O. The third-order valence-electron chi connectivity index (χ3n) is 5.74. The Morgan fingerprint density at radius 1 is 1.26 bits per heavy atom. The lowest BCUT2D eigenvalue weighted by Gasteiger charge is -2.39. The van der Waals surface area contributed by atoms with Crippen LogP contribution in [0.3, 0.4) is 0 Å². The van der Waals surface area contributed by atoms with Crippen molar-refractivity contribution in [2.45, 2.75) is 50.5 Å². The van der Waals surface area contributed by atoms with E-state index in [1.54, 1.807) is 10.9 Å². The first-order valence-electron chi connectivity index (χ1n) is 9.55. The van der Waals surface area contributed by atoms with Crippen molar-refractivity contribution in [2.24, 2.45) is 7.05 Å². The first kappa shape index (κ1) is 21.5. The SMILES string of the molecule is CNC(C(=O)NCC1(c2ccccc2C)CCCCC1)c1cnn(C)c1.Cl. The van der Waals surface area contributed by atoms with Crippen molar-refractivity contribution in [3.05, 3.63) is 53.3 Å². The Kier molecular flexibility index (Phi) is 7.45. The second-order valence-corrected chi connectivity index (χ2v) is 7.54. The average molecular weight is 391 g/mol. The van der Waals surface area contributed by atoms with Crippen LogP contribution in [0.2, 0.25) is 0 Å². The molecule has 0 aliphatic heterocycles. The molecular weight excluding hydrogens is 360 g/mol. The molecule has 1 atom stereocenters. The van der Waals surface area contributed by atoms with E-state index in [1.165, 1.54) is 30.4 Å². The number of hydrogen-bond acceptors (Lipinski definition) is 3. The van der Waals surface area contributed by atoms with Gasteiger partial charge in [0.05, 0.1) is 6.20 Å². The zero-order chi connectivity index (χ0) is 18.6. The van der Waals surface area contributed by atoms with Gasteiger partial charge in [-0.25, -0.2) is 0 Å². The second kappa shape index (κ2) is 9.38. The van der Waals surface area contributed by atoms with Crippen LogP contribution in [0.25, 0.3) is 0 Å². The van der Waals surface area contributed by atoms with Gasteiger partial charge in [-0.15, -0.1) is 12.4 Å². The highest BCUT2D eigenvalue weighted by Gasteiger charge is 2.35. The van der Waals surface area contributed by atoms with Gasteiger partial charge in [-0.2, -0.15) is 5.10 Å². The fourth-order valence-corrected chi connectivity index (χ4v) is 4.33. The van der Waals surface area contributed by atoms with Crippen LogP contribution in [-0.2, 0) is 17.3 Å². The normalized spacial score (nSPS) is 17.0. The highest BCUT2D eigenvalue weighted by atomic mass is 35.5. The van der Waals surface area contributed by atoms with E-state index in [0.29, 0.717) is 6.54 Å². The number of nitrogens with one attached hydrogen (secondary N) is 2. The molecule has 1 unspecified atom stereocenters. The summed E-state index contributed by atoms with van der Waals surface area (Å²) in [5, 5.41) is 10.5. The number of nitrogens with zero attached hydrogens (tertiary/aromatic N) is 2. The first-order chi connectivity index (χ1) is 12.6. The molecule has 1 fully saturated rings. The summed E-state index contributed by atoms with van der Waals surface area (Å²) < 4.78 is 1.73. The Hall–Kier alpha value is -1.85. The van der Waals surface area contributed by atoms with Crippen LogP contribution in [0, 0.1) is 6.92 Å². The van der Waals surface area contributed by atoms with Gasteiger partial charge in [-0.3, -0.25) is 9.48 Å². The van der Waals surface area contributed by atoms with Crippen LogP contribution < -0.4 is 10.6 Å². The number of hydrogen-bond donors (Lipinski definition) is 2. The third-order valence-corrected chi connectivity index (χ3v) is 5.74. The van der Waals surface area contributed by atoms with Crippen LogP contribution in [0.1, 0.15) is 54.8 Å². The number of benzene rings is 1. The van der Waals surface area contributed by atoms with Crippen molar-refractivity contribution in [3.8, 4) is 0 Å². The number of rotatable bonds is 6. The molecule has 1 aromatic heterocycles. The van der Waals surface area contributed by atoms with E-state index in [-0.39, 0.29) is 29.8 Å². The highest BCUT2D eigenvalue weighted by Crippen LogP contribution is 2.40. The fraction of sp³-hybridized carbons (Fsp3) is 0.524. The molecule has 0 spiro atoms. The minimum Gasteiger partial charge on any atom is -0.354 e. The Balaban J connectivity index is 0.00000261. The van der Waals surface area contributed by atoms with Gasteiger partial charge in [0.1, 0.15) is 6.04 Å². The molecule has 1 heterocycles. The molecule has 0 saturated heterocycles. The lowest BCUT2D eigenvalue weighted by atomic mass is 9.68. The monoisotopic (exact) mass is 390 g/mol. The maximum atomic E-state index is 12.9. The van der Waals surface area contributed by atoms with Crippen LogP contribution >= 0.6 is 12.4 Å². The van der Waals surface area contributed by atoms with Crippen LogP contribution in [0.5, 0.6) is 0 Å². The predicted molar refractivity (Wildman–Crippen MR) is 111 cm³/mol. The van der Waals surface area contributed by atoms with E-state index in [0.717, 1.165) is 18.4 Å². The Labute approximate surface area is 168 Å². The zero-order valence-electron chi connectivity index (χ0n) is 16.5. The molecule has 1 aliphatic carbocycles. The highest BCUT2D eigenvalue weighted by molar-refractivity contribution is 5.85. The lowest BCUT2D eigenvalue weighted by Crippen LogP contribution is -2.45. The number of halogens is 1. The number of aromatic nitrogens is 2. The zero-order valence-corrected chi connectivity index (χ0v) is 17.3. The maximum Gasteiger partial charge on any atom is 0.241 e. The minimum absolute atomic E-state index is 0. The van der Waals surface area contributed by atoms with Gasteiger partial charge in [-0.1, -0.05) is 43.5 Å². The van der Waals surface area contributed by atoms with E-state index in [1.807, 2.05) is 20.3 Å². The Morgan fingerprint density at radius 3 is 2.56 bits per heavy atom. The number of carbonyl (C=O) groups is 1. The van der Waals surface area contributed by atoms with E-state index in [2.05, 4.69) is 46.9 Å². The van der Waals surface area contributed by atoms with Gasteiger partial charge in [0, 0.05) is 30.8 Å². The molecule has 0 bridgehead atoms. The van der Waals surface area contributed by atoms with Crippen molar-refractivity contribution in [3.63, 3.8) is 0 Å². The fourth-order valence-electron chi connectivity index (χ4n) is 4.33. The molecule has 6 heteroatoms. The molecule has 148 valence electrons. The van der Waals surface area contributed by atoms with Crippen LogP contribution in [-0.4, -0.2) is 29.3 Å². The molecule has 2 N–H and O–H groups in total. The number of aryl methyl sites for hydroxylation is 2. The van der Waals surface area contributed by atoms with Crippen molar-refractivity contribution in [1.82, 2.24) is 20.4 Å². The van der Waals surface area contributed by atoms with Crippen LogP contribution in [0.15, 0.2) is 36.7 Å². The summed E-state index contributed by atoms with van der Waals surface area (Å²) in [7, 11) is 3.68. The second-order valence-electron chi connectivity index (χ2n) is 7.54. The standard InChI is InChI=1S/C21H30N4O.ClH/c1-16-9-5-6-10-18(16)21(11-7-4-8-12-21)15-23-20(26)19(22-2)17-13-24-25(3)14-17;/h5-6,9-10,13-14,19,22H,4,7-8,11-12,15H2,1-3H3,(H,23,26);1H. The Bertz CT molecular complexity index is 752. The van der Waals surface area contributed by atoms with Gasteiger partial charge in [-0.05, 0) is 37.9 Å². The summed E-state index contributed by atoms with van der Waals surface area (Å²) in [5.74, 6) is 0.0130. The van der Waals surface area contributed by atoms with E-state index >= 15 is 0 Å². The smallest absolute Gasteiger partial charge is 0.241 e. The van der Waals surface area contributed by atoms with Gasteiger partial charge in [0.15, 0.2) is 0 Å². The minimum atomic E-state index is -0.374. The summed E-state index contributed by atoms with van der Waals surface area (Å²) in [5.41, 5.74) is 3.65. The van der Waals surface area contributed by atoms with Crippen molar-refractivity contribution < 1.29 is 4.79 Å². The predicted octanol–water partition coefficient (Wildman–Crippen LogP) is 3.43. The van der Waals surface area contributed by atoms with Crippen molar-refractivity contribution in [1.29, 1.82) is 0 Å². The Morgan fingerprint density at radius 2 is 1.96 bits per heavy atom. The van der Waals surface area contributed by atoms with Gasteiger partial charge < -0.3 is 10.6 Å². The summed E-state index contributed by atoms with van der Waals surface area (Å²) in [4.78, 5) is 12.9. The lowest BCUT2D eigenvalue weighted by molar-refractivity contribution is -0.123. The summed E-state index contributed by atoms with van der Waals surface area (Å²) in [6.45, 7) is 2.87. The molecule has 27 heavy (non-hydrogen) atoms. The quantitative estimate of drug-likeness (QED) is 0.794. The first-order valence-corrected chi connectivity index (χ1v) is 9.55. The number of likely N-dealkylation sites (N-methyl/N-ethyl adjacent to an activating group) is 1. The molecule has 2 aromatic rings. The molecule has 1 aromatic carbocycles. The third kappa shape index (κ3) is 4.71. The molecule has 1 aliphatic rings. The van der Waals surface area contributed by atoms with Gasteiger partial charge >= 0.3 is 0 Å². The van der Waals surface area contributed by atoms with E-state index in [9.17, 15) is 4.79 Å². The summed E-state index contributed by atoms with van der Waals surface area (Å²) in [6.07, 6.45) is 9.64. The van der Waals surface area contributed by atoms with Crippen LogP contribution in [0.4, 0.5) is 0 Å². The largest absolute Gasteiger partial charge is 0.354 e. The maximum absolute atomic E-state index is 12.9. The summed E-state index contributed by atoms with van der Waals surface area (Å²) >= 11 is 0. The van der Waals surface area contributed by atoms with Gasteiger partial charge in [0.25, 0.3) is 0 Å². The number of carbonyl (C=O) groups excluding carboxylic acids is 1. The molecule has 0 radical (unpaired) electrons. The molecule has 5 nitrogen and oxygen atoms in total.